The first-order valence-corrected chi connectivity index (χ1v) is 6.13. The minimum Gasteiger partial charge on any atom is -0.409 e. The van der Waals surface area contributed by atoms with Gasteiger partial charge < -0.3 is 10.9 Å². The molecular formula is C11H24N4O. The predicted octanol–water partition coefficient (Wildman–Crippen LogP) is 1.28. The van der Waals surface area contributed by atoms with Crippen molar-refractivity contribution in [1.82, 2.24) is 10.4 Å². The van der Waals surface area contributed by atoms with Crippen molar-refractivity contribution in [2.24, 2.45) is 10.9 Å². The fourth-order valence-corrected chi connectivity index (χ4v) is 2.26. The molecule has 1 aliphatic rings. The smallest absolute Gasteiger partial charge is 0.139 e. The van der Waals surface area contributed by atoms with E-state index in [-0.39, 0.29) is 0 Å². The third kappa shape index (κ3) is 3.98. The lowest BCUT2D eigenvalue weighted by Gasteiger charge is -2.39. The van der Waals surface area contributed by atoms with Gasteiger partial charge in [-0.15, -0.1) is 0 Å². The number of piperidine rings is 1. The molecular weight excluding hydrogens is 204 g/mol. The number of hydrazine groups is 1. The Hall–Kier alpha value is -0.810. The molecule has 5 nitrogen and oxygen atoms in total. The van der Waals surface area contributed by atoms with Crippen LogP contribution >= 0.6 is 0 Å². The van der Waals surface area contributed by atoms with Crippen molar-refractivity contribution in [3.05, 3.63) is 0 Å². The van der Waals surface area contributed by atoms with Gasteiger partial charge in [-0.25, -0.2) is 5.01 Å². The summed E-state index contributed by atoms with van der Waals surface area (Å²) in [5.74, 6) is 0.307. The lowest BCUT2D eigenvalue weighted by Crippen LogP contribution is -2.52. The molecule has 0 aromatic rings. The first-order chi connectivity index (χ1) is 7.65. The minimum atomic E-state index is 0.307. The highest BCUT2D eigenvalue weighted by molar-refractivity contribution is 5.79. The SMILES string of the molecule is CC1CCCC(C)N1NCCCC(N)=NO. The molecule has 94 valence electrons. The van der Waals surface area contributed by atoms with Crippen molar-refractivity contribution in [3.8, 4) is 0 Å². The summed E-state index contributed by atoms with van der Waals surface area (Å²) in [6.45, 7) is 5.39. The summed E-state index contributed by atoms with van der Waals surface area (Å²) < 4.78 is 0. The van der Waals surface area contributed by atoms with Crippen molar-refractivity contribution >= 4 is 5.84 Å². The number of hydrogen-bond acceptors (Lipinski definition) is 4. The molecule has 2 unspecified atom stereocenters. The molecule has 0 spiro atoms. The average molecular weight is 228 g/mol. The number of hydrogen-bond donors (Lipinski definition) is 3. The average Bonchev–Trinajstić information content (AvgIpc) is 2.27. The van der Waals surface area contributed by atoms with E-state index in [1.54, 1.807) is 0 Å². The number of nitrogens with two attached hydrogens (primary N) is 1. The fraction of sp³-hybridized carbons (Fsp3) is 0.909. The molecule has 1 heterocycles. The first-order valence-electron chi connectivity index (χ1n) is 6.13. The third-order valence-electron chi connectivity index (χ3n) is 3.23. The van der Waals surface area contributed by atoms with Gasteiger partial charge >= 0.3 is 0 Å². The Balaban J connectivity index is 2.20. The van der Waals surface area contributed by atoms with E-state index >= 15 is 0 Å². The summed E-state index contributed by atoms with van der Waals surface area (Å²) in [6.07, 6.45) is 5.38. The second-order valence-electron chi connectivity index (χ2n) is 4.64. The summed E-state index contributed by atoms with van der Waals surface area (Å²) in [5.41, 5.74) is 8.85. The van der Waals surface area contributed by atoms with Crippen molar-refractivity contribution < 1.29 is 5.21 Å². The van der Waals surface area contributed by atoms with Gasteiger partial charge in [-0.2, -0.15) is 0 Å². The van der Waals surface area contributed by atoms with Crippen LogP contribution in [0.3, 0.4) is 0 Å². The van der Waals surface area contributed by atoms with Gasteiger partial charge in [0.15, 0.2) is 0 Å². The maximum atomic E-state index is 8.40. The second-order valence-corrected chi connectivity index (χ2v) is 4.64. The van der Waals surface area contributed by atoms with Gasteiger partial charge in [0.1, 0.15) is 5.84 Å². The molecule has 0 amide bonds. The van der Waals surface area contributed by atoms with Crippen LogP contribution in [0.15, 0.2) is 5.16 Å². The highest BCUT2D eigenvalue weighted by Crippen LogP contribution is 2.19. The van der Waals surface area contributed by atoms with E-state index in [9.17, 15) is 0 Å². The van der Waals surface area contributed by atoms with E-state index in [0.717, 1.165) is 13.0 Å². The molecule has 1 saturated heterocycles. The second kappa shape index (κ2) is 6.70. The Labute approximate surface area is 97.6 Å². The van der Waals surface area contributed by atoms with E-state index in [2.05, 4.69) is 29.4 Å². The number of rotatable bonds is 5. The lowest BCUT2D eigenvalue weighted by molar-refractivity contribution is 0.0464. The molecule has 5 heteroatoms. The van der Waals surface area contributed by atoms with Gasteiger partial charge in [-0.3, -0.25) is 5.43 Å². The van der Waals surface area contributed by atoms with Crippen LogP contribution in [0.1, 0.15) is 46.0 Å². The molecule has 4 N–H and O–H groups in total. The Morgan fingerprint density at radius 2 is 2.06 bits per heavy atom. The Morgan fingerprint density at radius 1 is 1.44 bits per heavy atom. The van der Waals surface area contributed by atoms with Gasteiger partial charge in [0.2, 0.25) is 0 Å². The van der Waals surface area contributed by atoms with Crippen LogP contribution in [0.2, 0.25) is 0 Å². The maximum Gasteiger partial charge on any atom is 0.139 e. The third-order valence-corrected chi connectivity index (χ3v) is 3.23. The monoisotopic (exact) mass is 228 g/mol. The molecule has 1 aliphatic heterocycles. The quantitative estimate of drug-likeness (QED) is 0.218. The molecule has 2 atom stereocenters. The van der Waals surface area contributed by atoms with E-state index in [1.807, 2.05) is 0 Å². The van der Waals surface area contributed by atoms with Crippen LogP contribution in [-0.4, -0.2) is 34.7 Å². The van der Waals surface area contributed by atoms with E-state index in [0.29, 0.717) is 24.3 Å². The summed E-state index contributed by atoms with van der Waals surface area (Å²) in [6, 6.07) is 1.21. The minimum absolute atomic E-state index is 0.307. The van der Waals surface area contributed by atoms with Crippen LogP contribution in [0.4, 0.5) is 0 Å². The van der Waals surface area contributed by atoms with Crippen LogP contribution in [0, 0.1) is 0 Å². The van der Waals surface area contributed by atoms with Gasteiger partial charge in [0, 0.05) is 25.0 Å². The zero-order chi connectivity index (χ0) is 12.0. The van der Waals surface area contributed by atoms with Crippen LogP contribution in [0.25, 0.3) is 0 Å². The number of nitrogens with one attached hydrogen (secondary N) is 1. The molecule has 16 heavy (non-hydrogen) atoms. The topological polar surface area (TPSA) is 73.9 Å². The number of amidine groups is 1. The summed E-state index contributed by atoms with van der Waals surface area (Å²) in [5, 5.41) is 13.7. The highest BCUT2D eigenvalue weighted by Gasteiger charge is 2.23. The maximum absolute atomic E-state index is 8.40. The standard InChI is InChI=1S/C11H24N4O/c1-9-5-3-6-10(2)15(9)13-8-4-7-11(12)14-16/h9-10,13,16H,3-8H2,1-2H3,(H2,12,14). The summed E-state index contributed by atoms with van der Waals surface area (Å²) in [4.78, 5) is 0. The first kappa shape index (κ1) is 13.3. The molecule has 1 rings (SSSR count). The molecule has 0 aliphatic carbocycles. The van der Waals surface area contributed by atoms with Crippen LogP contribution < -0.4 is 11.2 Å². The van der Waals surface area contributed by atoms with Gasteiger partial charge in [0.25, 0.3) is 0 Å². The predicted molar refractivity (Wildman–Crippen MR) is 65.3 cm³/mol. The Kier molecular flexibility index (Phi) is 5.55. The van der Waals surface area contributed by atoms with Crippen molar-refractivity contribution in [2.75, 3.05) is 6.54 Å². The van der Waals surface area contributed by atoms with Crippen LogP contribution in [-0.2, 0) is 0 Å². The van der Waals surface area contributed by atoms with Crippen molar-refractivity contribution in [2.45, 2.75) is 58.0 Å². The molecule has 0 aromatic heterocycles. The molecule has 0 aromatic carbocycles. The molecule has 0 bridgehead atoms. The van der Waals surface area contributed by atoms with E-state index in [1.165, 1.54) is 19.3 Å². The van der Waals surface area contributed by atoms with Crippen molar-refractivity contribution in [3.63, 3.8) is 0 Å². The number of oxime groups is 1. The zero-order valence-corrected chi connectivity index (χ0v) is 10.3. The molecule has 1 fully saturated rings. The van der Waals surface area contributed by atoms with E-state index in [4.69, 9.17) is 10.9 Å². The van der Waals surface area contributed by atoms with Gasteiger partial charge in [-0.05, 0) is 33.1 Å². The highest BCUT2D eigenvalue weighted by atomic mass is 16.4. The van der Waals surface area contributed by atoms with Gasteiger partial charge in [-0.1, -0.05) is 11.6 Å². The largest absolute Gasteiger partial charge is 0.409 e. The fourth-order valence-electron chi connectivity index (χ4n) is 2.26. The van der Waals surface area contributed by atoms with Gasteiger partial charge in [0.05, 0.1) is 0 Å². The van der Waals surface area contributed by atoms with E-state index < -0.39 is 0 Å². The summed E-state index contributed by atoms with van der Waals surface area (Å²) in [7, 11) is 0. The lowest BCUT2D eigenvalue weighted by atomic mass is 10.00. The summed E-state index contributed by atoms with van der Waals surface area (Å²) >= 11 is 0. The van der Waals surface area contributed by atoms with Crippen molar-refractivity contribution in [1.29, 1.82) is 0 Å². The van der Waals surface area contributed by atoms with Crippen LogP contribution in [0.5, 0.6) is 0 Å². The molecule has 0 saturated carbocycles. The Bertz CT molecular complexity index is 222. The Morgan fingerprint density at radius 3 is 2.62 bits per heavy atom. The molecule has 0 radical (unpaired) electrons. The zero-order valence-electron chi connectivity index (χ0n) is 10.3. The number of nitrogens with zero attached hydrogens (tertiary/aromatic N) is 2. The normalized spacial score (nSPS) is 28.2.